The summed E-state index contributed by atoms with van der Waals surface area (Å²) in [4.78, 5) is 12.3. The van der Waals surface area contributed by atoms with Crippen LogP contribution in [-0.2, 0) is 4.79 Å². The molecule has 0 fully saturated rings. The maximum Gasteiger partial charge on any atom is 0.234 e. The molecule has 0 atom stereocenters. The number of thioether (sulfide) groups is 1. The minimum Gasteiger partial charge on any atom is -0.325 e. The van der Waals surface area contributed by atoms with E-state index in [-0.39, 0.29) is 11.7 Å². The number of anilines is 1. The molecule has 2 aromatic carbocycles. The number of fused-ring (bicyclic) bond motifs is 3. The van der Waals surface area contributed by atoms with Crippen LogP contribution in [0.1, 0.15) is 11.1 Å². The molecule has 0 saturated carbocycles. The van der Waals surface area contributed by atoms with Crippen molar-refractivity contribution in [2.45, 2.75) is 19.0 Å². The summed E-state index contributed by atoms with van der Waals surface area (Å²) in [5.41, 5.74) is 4.89. The van der Waals surface area contributed by atoms with E-state index >= 15 is 0 Å². The Bertz CT molecular complexity index is 1100. The zero-order valence-electron chi connectivity index (χ0n) is 14.6. The number of hydrogen-bond donors (Lipinski definition) is 1. The Morgan fingerprint density at radius 3 is 2.62 bits per heavy atom. The van der Waals surface area contributed by atoms with Gasteiger partial charge in [0, 0.05) is 5.69 Å². The lowest BCUT2D eigenvalue weighted by atomic mass is 10.1. The number of pyridine rings is 1. The molecule has 2 heterocycles. The number of nitrogens with one attached hydrogen (secondary N) is 1. The SMILES string of the molecule is Cc1cc(C)cc(NC(=O)CSc2nnc3ccc4ccccc4n23)c1. The number of para-hydroxylation sites is 1. The second-order valence-electron chi connectivity index (χ2n) is 6.28. The molecule has 0 saturated heterocycles. The maximum absolute atomic E-state index is 12.3. The fourth-order valence-electron chi connectivity index (χ4n) is 3.08. The Morgan fingerprint density at radius 2 is 1.81 bits per heavy atom. The number of carbonyl (C=O) groups is 1. The highest BCUT2D eigenvalue weighted by molar-refractivity contribution is 7.99. The summed E-state index contributed by atoms with van der Waals surface area (Å²) in [6.07, 6.45) is 0. The van der Waals surface area contributed by atoms with Crippen molar-refractivity contribution in [3.63, 3.8) is 0 Å². The molecule has 0 aliphatic heterocycles. The van der Waals surface area contributed by atoms with Crippen LogP contribution in [-0.4, -0.2) is 26.3 Å². The van der Waals surface area contributed by atoms with E-state index in [0.29, 0.717) is 5.16 Å². The van der Waals surface area contributed by atoms with Crippen molar-refractivity contribution in [3.05, 3.63) is 65.7 Å². The van der Waals surface area contributed by atoms with Gasteiger partial charge in [0.2, 0.25) is 5.91 Å². The normalized spacial score (nSPS) is 11.2. The second-order valence-corrected chi connectivity index (χ2v) is 7.22. The van der Waals surface area contributed by atoms with Gasteiger partial charge in [0.05, 0.1) is 11.3 Å². The summed E-state index contributed by atoms with van der Waals surface area (Å²) < 4.78 is 1.99. The van der Waals surface area contributed by atoms with E-state index in [4.69, 9.17) is 0 Å². The first-order chi connectivity index (χ1) is 12.6. The smallest absolute Gasteiger partial charge is 0.234 e. The zero-order valence-corrected chi connectivity index (χ0v) is 15.4. The predicted octanol–water partition coefficient (Wildman–Crippen LogP) is 4.23. The lowest BCUT2D eigenvalue weighted by Gasteiger charge is -2.07. The molecule has 0 radical (unpaired) electrons. The predicted molar refractivity (Wildman–Crippen MR) is 106 cm³/mol. The van der Waals surface area contributed by atoms with Crippen LogP contribution >= 0.6 is 11.8 Å². The van der Waals surface area contributed by atoms with Crippen molar-refractivity contribution in [2.24, 2.45) is 0 Å². The Balaban J connectivity index is 1.54. The van der Waals surface area contributed by atoms with Crippen LogP contribution in [0.2, 0.25) is 0 Å². The number of hydrogen-bond acceptors (Lipinski definition) is 4. The van der Waals surface area contributed by atoms with Crippen molar-refractivity contribution in [1.82, 2.24) is 14.6 Å². The number of amides is 1. The van der Waals surface area contributed by atoms with E-state index in [1.165, 1.54) is 11.8 Å². The highest BCUT2D eigenvalue weighted by Crippen LogP contribution is 2.23. The van der Waals surface area contributed by atoms with Crippen molar-refractivity contribution in [1.29, 1.82) is 0 Å². The summed E-state index contributed by atoms with van der Waals surface area (Å²) in [7, 11) is 0. The summed E-state index contributed by atoms with van der Waals surface area (Å²) in [5.74, 6) is 0.216. The van der Waals surface area contributed by atoms with Crippen molar-refractivity contribution in [3.8, 4) is 0 Å². The average molecular weight is 362 g/mol. The van der Waals surface area contributed by atoms with Crippen molar-refractivity contribution < 1.29 is 4.79 Å². The van der Waals surface area contributed by atoms with Gasteiger partial charge < -0.3 is 5.32 Å². The minimum absolute atomic E-state index is 0.0583. The lowest BCUT2D eigenvalue weighted by molar-refractivity contribution is -0.113. The summed E-state index contributed by atoms with van der Waals surface area (Å²) in [6.45, 7) is 4.04. The molecule has 1 N–H and O–H groups in total. The minimum atomic E-state index is -0.0583. The summed E-state index contributed by atoms with van der Waals surface area (Å²) in [6, 6.07) is 18.1. The number of rotatable bonds is 4. The average Bonchev–Trinajstić information content (AvgIpc) is 3.03. The van der Waals surface area contributed by atoms with Gasteiger partial charge in [-0.3, -0.25) is 9.20 Å². The Morgan fingerprint density at radius 1 is 1.04 bits per heavy atom. The molecule has 0 unspecified atom stereocenters. The molecule has 0 spiro atoms. The third-order valence-electron chi connectivity index (χ3n) is 4.09. The lowest BCUT2D eigenvalue weighted by Crippen LogP contribution is -2.14. The number of nitrogens with zero attached hydrogens (tertiary/aromatic N) is 3. The van der Waals surface area contributed by atoms with E-state index in [1.54, 1.807) is 0 Å². The molecule has 0 aliphatic rings. The van der Waals surface area contributed by atoms with Crippen LogP contribution < -0.4 is 5.32 Å². The Labute approximate surface area is 155 Å². The van der Waals surface area contributed by atoms with Crippen LogP contribution in [0.3, 0.4) is 0 Å². The second kappa shape index (κ2) is 6.80. The van der Waals surface area contributed by atoms with E-state index < -0.39 is 0 Å². The molecule has 2 aromatic heterocycles. The van der Waals surface area contributed by atoms with Crippen LogP contribution in [0, 0.1) is 13.8 Å². The molecule has 1 amide bonds. The van der Waals surface area contributed by atoms with Gasteiger partial charge in [0.15, 0.2) is 10.8 Å². The van der Waals surface area contributed by atoms with Gasteiger partial charge in [-0.1, -0.05) is 36.0 Å². The Hall–Kier alpha value is -2.86. The van der Waals surface area contributed by atoms with Gasteiger partial charge in [0.25, 0.3) is 0 Å². The maximum atomic E-state index is 12.3. The largest absolute Gasteiger partial charge is 0.325 e. The first-order valence-electron chi connectivity index (χ1n) is 8.34. The first-order valence-corrected chi connectivity index (χ1v) is 9.32. The number of benzene rings is 2. The Kier molecular flexibility index (Phi) is 4.34. The van der Waals surface area contributed by atoms with Crippen LogP contribution in [0.5, 0.6) is 0 Å². The molecule has 4 aromatic rings. The van der Waals surface area contributed by atoms with E-state index in [0.717, 1.165) is 33.4 Å². The fraction of sp³-hybridized carbons (Fsp3) is 0.150. The molecule has 26 heavy (non-hydrogen) atoms. The topological polar surface area (TPSA) is 59.3 Å². The van der Waals surface area contributed by atoms with Crippen LogP contribution in [0.25, 0.3) is 16.6 Å². The highest BCUT2D eigenvalue weighted by atomic mass is 32.2. The van der Waals surface area contributed by atoms with Crippen molar-refractivity contribution in [2.75, 3.05) is 11.1 Å². The molecule has 4 rings (SSSR count). The van der Waals surface area contributed by atoms with Crippen LogP contribution in [0.15, 0.2) is 59.8 Å². The third kappa shape index (κ3) is 3.28. The molecular weight excluding hydrogens is 344 g/mol. The fourth-order valence-corrected chi connectivity index (χ4v) is 3.83. The number of aromatic nitrogens is 3. The molecular formula is C20H18N4OS. The third-order valence-corrected chi connectivity index (χ3v) is 5.01. The van der Waals surface area contributed by atoms with E-state index in [2.05, 4.69) is 27.6 Å². The summed E-state index contributed by atoms with van der Waals surface area (Å²) >= 11 is 1.38. The van der Waals surface area contributed by atoms with Crippen molar-refractivity contribution >= 4 is 39.9 Å². The standard InChI is InChI=1S/C20H18N4OS/c1-13-9-14(2)11-16(10-13)21-19(25)12-26-20-23-22-18-8-7-15-5-3-4-6-17(15)24(18)20/h3-11H,12H2,1-2H3,(H,21,25). The first kappa shape index (κ1) is 16.6. The van der Waals surface area contributed by atoms with Gasteiger partial charge >= 0.3 is 0 Å². The molecule has 6 heteroatoms. The number of carbonyl (C=O) groups excluding carboxylic acids is 1. The van der Waals surface area contributed by atoms with E-state index in [9.17, 15) is 4.79 Å². The molecule has 5 nitrogen and oxygen atoms in total. The van der Waals surface area contributed by atoms with E-state index in [1.807, 2.05) is 60.7 Å². The quantitative estimate of drug-likeness (QED) is 0.552. The van der Waals surface area contributed by atoms with Gasteiger partial charge in [-0.05, 0) is 60.7 Å². The van der Waals surface area contributed by atoms with Gasteiger partial charge in [-0.2, -0.15) is 0 Å². The molecule has 0 bridgehead atoms. The highest BCUT2D eigenvalue weighted by Gasteiger charge is 2.12. The number of aryl methyl sites for hydroxylation is 2. The molecule has 0 aliphatic carbocycles. The monoisotopic (exact) mass is 362 g/mol. The van der Waals surface area contributed by atoms with Gasteiger partial charge in [-0.15, -0.1) is 10.2 Å². The molecule has 130 valence electrons. The zero-order chi connectivity index (χ0) is 18.1. The van der Waals surface area contributed by atoms with Gasteiger partial charge in [0.1, 0.15) is 0 Å². The van der Waals surface area contributed by atoms with Gasteiger partial charge in [-0.25, -0.2) is 0 Å². The van der Waals surface area contributed by atoms with Crippen LogP contribution in [0.4, 0.5) is 5.69 Å². The summed E-state index contributed by atoms with van der Waals surface area (Å²) in [5, 5.41) is 13.2.